The average Bonchev–Trinajstić information content (AvgIpc) is 2.03. The van der Waals surface area contributed by atoms with E-state index < -0.39 is 0 Å². The van der Waals surface area contributed by atoms with Gasteiger partial charge in [-0.1, -0.05) is 35.9 Å². The zero-order valence-electron chi connectivity index (χ0n) is 6.71. The Kier molecular flexibility index (Phi) is 2.90. The first kappa shape index (κ1) is 8.06. The molecule has 0 spiro atoms. The van der Waals surface area contributed by atoms with E-state index >= 15 is 0 Å². The summed E-state index contributed by atoms with van der Waals surface area (Å²) in [5.41, 5.74) is 1.50. The van der Waals surface area contributed by atoms with Crippen LogP contribution in [0.25, 0.3) is 0 Å². The molecule has 0 amide bonds. The number of rotatable bonds is 3. The van der Waals surface area contributed by atoms with Crippen LogP contribution >= 0.6 is 0 Å². The maximum absolute atomic E-state index is 10.6. The van der Waals surface area contributed by atoms with Crippen molar-refractivity contribution in [1.82, 2.24) is 0 Å². The second-order valence-electron chi connectivity index (χ2n) is 2.69. The first-order valence-corrected chi connectivity index (χ1v) is 3.82. The monoisotopic (exact) mass is 146 g/mol. The summed E-state index contributed by atoms with van der Waals surface area (Å²) in [5.74, 6) is 0. The van der Waals surface area contributed by atoms with Crippen LogP contribution in [0, 0.1) is 0 Å². The number of carbonyl (C=O) groups is 1. The SMILES string of the molecule is CC(=O)BCc1ccccc1. The lowest BCUT2D eigenvalue weighted by Gasteiger charge is -1.94. The highest BCUT2D eigenvalue weighted by atomic mass is 16.1. The fourth-order valence-corrected chi connectivity index (χ4v) is 0.965. The second kappa shape index (κ2) is 3.96. The van der Waals surface area contributed by atoms with Crippen molar-refractivity contribution in [3.63, 3.8) is 0 Å². The lowest BCUT2D eigenvalue weighted by atomic mass is 9.68. The normalized spacial score (nSPS) is 9.18. The van der Waals surface area contributed by atoms with E-state index in [2.05, 4.69) is 0 Å². The van der Waals surface area contributed by atoms with Gasteiger partial charge in [-0.2, -0.15) is 0 Å². The topological polar surface area (TPSA) is 17.1 Å². The molecule has 11 heavy (non-hydrogen) atoms. The van der Waals surface area contributed by atoms with Crippen LogP contribution in [0.5, 0.6) is 0 Å². The van der Waals surface area contributed by atoms with Gasteiger partial charge in [-0.05, 0) is 13.2 Å². The lowest BCUT2D eigenvalue weighted by molar-refractivity contribution is -0.110. The molecule has 0 aliphatic rings. The molecular formula is C9H11BO. The Labute approximate surface area is 67.7 Å². The van der Waals surface area contributed by atoms with Crippen LogP contribution in [-0.2, 0) is 11.1 Å². The lowest BCUT2D eigenvalue weighted by Crippen LogP contribution is -2.06. The van der Waals surface area contributed by atoms with Gasteiger partial charge in [0.2, 0.25) is 7.28 Å². The van der Waals surface area contributed by atoms with Crippen LogP contribution in [0.2, 0.25) is 0 Å². The molecule has 0 unspecified atom stereocenters. The molecule has 0 radical (unpaired) electrons. The second-order valence-corrected chi connectivity index (χ2v) is 2.69. The van der Waals surface area contributed by atoms with Gasteiger partial charge < -0.3 is 4.79 Å². The summed E-state index contributed by atoms with van der Waals surface area (Å²) >= 11 is 0. The van der Waals surface area contributed by atoms with E-state index in [1.807, 2.05) is 30.3 Å². The van der Waals surface area contributed by atoms with Crippen LogP contribution in [0.15, 0.2) is 30.3 Å². The summed E-state index contributed by atoms with van der Waals surface area (Å²) in [5, 5.41) is 0. The van der Waals surface area contributed by atoms with E-state index in [-0.39, 0.29) is 5.68 Å². The Morgan fingerprint density at radius 1 is 1.36 bits per heavy atom. The van der Waals surface area contributed by atoms with Gasteiger partial charge in [0.15, 0.2) is 0 Å². The Morgan fingerprint density at radius 2 is 2.00 bits per heavy atom. The van der Waals surface area contributed by atoms with Gasteiger partial charge in [0.05, 0.1) is 5.68 Å². The Morgan fingerprint density at radius 3 is 2.55 bits per heavy atom. The van der Waals surface area contributed by atoms with Crippen LogP contribution in [-0.4, -0.2) is 13.0 Å². The Hall–Kier alpha value is -1.05. The Bertz CT molecular complexity index is 231. The number of hydrogen-bond donors (Lipinski definition) is 0. The minimum Gasteiger partial charge on any atom is -0.312 e. The molecule has 0 atom stereocenters. The zero-order chi connectivity index (χ0) is 8.10. The van der Waals surface area contributed by atoms with Gasteiger partial charge >= 0.3 is 0 Å². The van der Waals surface area contributed by atoms with E-state index in [4.69, 9.17) is 0 Å². The maximum atomic E-state index is 10.6. The number of hydrogen-bond acceptors (Lipinski definition) is 1. The molecule has 0 bridgehead atoms. The van der Waals surface area contributed by atoms with E-state index in [0.29, 0.717) is 7.28 Å². The van der Waals surface area contributed by atoms with Crippen molar-refractivity contribution >= 4 is 13.0 Å². The molecule has 0 aliphatic heterocycles. The quantitative estimate of drug-likeness (QED) is 0.585. The highest BCUT2D eigenvalue weighted by Gasteiger charge is 1.97. The highest BCUT2D eigenvalue weighted by molar-refractivity contribution is 6.72. The van der Waals surface area contributed by atoms with Crippen LogP contribution < -0.4 is 0 Å². The minimum absolute atomic E-state index is 0.258. The molecule has 2 heteroatoms. The van der Waals surface area contributed by atoms with Gasteiger partial charge in [0.25, 0.3) is 0 Å². The van der Waals surface area contributed by atoms with Gasteiger partial charge in [0.1, 0.15) is 0 Å². The summed E-state index contributed by atoms with van der Waals surface area (Å²) in [4.78, 5) is 10.6. The van der Waals surface area contributed by atoms with Gasteiger partial charge in [-0.15, -0.1) is 0 Å². The number of carbonyl (C=O) groups excluding carboxylic acids is 1. The molecule has 0 aromatic heterocycles. The van der Waals surface area contributed by atoms with Crippen LogP contribution in [0.1, 0.15) is 12.5 Å². The summed E-state index contributed by atoms with van der Waals surface area (Å²) in [6.45, 7) is 1.63. The maximum Gasteiger partial charge on any atom is 0.209 e. The van der Waals surface area contributed by atoms with Crippen LogP contribution in [0.3, 0.4) is 0 Å². The van der Waals surface area contributed by atoms with Gasteiger partial charge in [-0.25, -0.2) is 0 Å². The molecule has 0 heterocycles. The zero-order valence-corrected chi connectivity index (χ0v) is 6.71. The third-order valence-electron chi connectivity index (χ3n) is 1.61. The molecule has 1 aromatic rings. The first-order chi connectivity index (χ1) is 5.29. The largest absolute Gasteiger partial charge is 0.312 e. The van der Waals surface area contributed by atoms with Crippen molar-refractivity contribution in [1.29, 1.82) is 0 Å². The predicted octanol–water partition coefficient (Wildman–Crippen LogP) is 1.17. The summed E-state index contributed by atoms with van der Waals surface area (Å²) in [6.07, 6.45) is 0.871. The molecule has 0 aliphatic carbocycles. The Balaban J connectivity index is 2.45. The van der Waals surface area contributed by atoms with E-state index in [0.717, 1.165) is 6.32 Å². The van der Waals surface area contributed by atoms with Crippen molar-refractivity contribution < 1.29 is 4.79 Å². The van der Waals surface area contributed by atoms with E-state index in [9.17, 15) is 4.79 Å². The first-order valence-electron chi connectivity index (χ1n) is 3.82. The molecule has 0 saturated heterocycles. The summed E-state index contributed by atoms with van der Waals surface area (Å²) < 4.78 is 0. The molecule has 0 fully saturated rings. The van der Waals surface area contributed by atoms with Crippen LogP contribution in [0.4, 0.5) is 0 Å². The van der Waals surface area contributed by atoms with Crippen molar-refractivity contribution in [2.75, 3.05) is 0 Å². The van der Waals surface area contributed by atoms with Crippen molar-refractivity contribution in [2.24, 2.45) is 0 Å². The molecule has 1 nitrogen and oxygen atoms in total. The molecule has 0 N–H and O–H groups in total. The third-order valence-corrected chi connectivity index (χ3v) is 1.61. The number of benzene rings is 1. The van der Waals surface area contributed by atoms with E-state index in [1.165, 1.54) is 5.56 Å². The molecular weight excluding hydrogens is 135 g/mol. The summed E-state index contributed by atoms with van der Waals surface area (Å²) in [6, 6.07) is 10.1. The van der Waals surface area contributed by atoms with Gasteiger partial charge in [0, 0.05) is 0 Å². The fourth-order valence-electron chi connectivity index (χ4n) is 0.965. The predicted molar refractivity (Wildman–Crippen MR) is 48.0 cm³/mol. The van der Waals surface area contributed by atoms with Crippen molar-refractivity contribution in [3.8, 4) is 0 Å². The molecule has 1 aromatic carbocycles. The molecule has 0 saturated carbocycles. The van der Waals surface area contributed by atoms with Crippen molar-refractivity contribution in [2.45, 2.75) is 13.2 Å². The van der Waals surface area contributed by atoms with E-state index in [1.54, 1.807) is 6.92 Å². The highest BCUT2D eigenvalue weighted by Crippen LogP contribution is 1.97. The minimum atomic E-state index is 0.258. The molecule has 1 rings (SSSR count). The summed E-state index contributed by atoms with van der Waals surface area (Å²) in [7, 11) is 0.657. The smallest absolute Gasteiger partial charge is 0.209 e. The average molecular weight is 146 g/mol. The fraction of sp³-hybridized carbons (Fsp3) is 0.222. The van der Waals surface area contributed by atoms with Crippen molar-refractivity contribution in [3.05, 3.63) is 35.9 Å². The molecule has 56 valence electrons. The van der Waals surface area contributed by atoms with Gasteiger partial charge in [-0.3, -0.25) is 0 Å². The third kappa shape index (κ3) is 3.03. The standard InChI is InChI=1S/C9H11BO/c1-8(11)10-7-9-5-3-2-4-6-9/h2-6,10H,7H2,1H3.